The van der Waals surface area contributed by atoms with Crippen LogP contribution in [0.4, 0.5) is 10.7 Å². The number of thiophene rings is 1. The van der Waals surface area contributed by atoms with Crippen LogP contribution in [0.1, 0.15) is 19.4 Å². The van der Waals surface area contributed by atoms with Crippen molar-refractivity contribution in [1.82, 2.24) is 0 Å². The second kappa shape index (κ2) is 6.90. The molecular formula is C13H16N2S. The van der Waals surface area contributed by atoms with E-state index in [9.17, 15) is 0 Å². The van der Waals surface area contributed by atoms with E-state index in [1.807, 2.05) is 55.6 Å². The molecule has 0 saturated carbocycles. The molecule has 0 aliphatic carbocycles. The molecular weight excluding hydrogens is 216 g/mol. The number of benzene rings is 1. The topological polar surface area (TPSA) is 24.7 Å². The number of aryl methyl sites for hydroxylation is 1. The highest BCUT2D eigenvalue weighted by atomic mass is 32.1. The number of rotatable bonds is 2. The standard InChI is InChI=1S/C11H10N2S.C2H6/c1-9-4-6-10(7-5-9)12-13-11-3-2-8-14-11;1-2/h2-8H,1H3;1-2H3. The van der Waals surface area contributed by atoms with Crippen molar-refractivity contribution in [2.45, 2.75) is 20.8 Å². The van der Waals surface area contributed by atoms with Gasteiger partial charge in [-0.1, -0.05) is 31.5 Å². The minimum Gasteiger partial charge on any atom is -0.150 e. The molecule has 0 amide bonds. The van der Waals surface area contributed by atoms with Gasteiger partial charge in [-0.25, -0.2) is 0 Å². The Bertz CT molecular complexity index is 416. The van der Waals surface area contributed by atoms with Crippen LogP contribution in [-0.2, 0) is 0 Å². The molecule has 0 aliphatic heterocycles. The van der Waals surface area contributed by atoms with Gasteiger partial charge in [-0.3, -0.25) is 0 Å². The van der Waals surface area contributed by atoms with Gasteiger partial charge < -0.3 is 0 Å². The maximum Gasteiger partial charge on any atom is 0.138 e. The van der Waals surface area contributed by atoms with Gasteiger partial charge in [0.25, 0.3) is 0 Å². The van der Waals surface area contributed by atoms with Crippen LogP contribution >= 0.6 is 11.3 Å². The summed E-state index contributed by atoms with van der Waals surface area (Å²) in [6, 6.07) is 11.9. The molecule has 0 fully saturated rings. The quantitative estimate of drug-likeness (QED) is 0.611. The Hall–Kier alpha value is -1.48. The molecule has 2 rings (SSSR count). The summed E-state index contributed by atoms with van der Waals surface area (Å²) >= 11 is 1.58. The van der Waals surface area contributed by atoms with Crippen LogP contribution in [0.15, 0.2) is 52.0 Å². The van der Waals surface area contributed by atoms with Gasteiger partial charge >= 0.3 is 0 Å². The van der Waals surface area contributed by atoms with Gasteiger partial charge in [-0.2, -0.15) is 0 Å². The second-order valence-corrected chi connectivity index (χ2v) is 3.91. The summed E-state index contributed by atoms with van der Waals surface area (Å²) in [5.41, 5.74) is 2.13. The molecule has 1 aromatic carbocycles. The van der Waals surface area contributed by atoms with E-state index < -0.39 is 0 Å². The van der Waals surface area contributed by atoms with Crippen LogP contribution in [0.3, 0.4) is 0 Å². The lowest BCUT2D eigenvalue weighted by Gasteiger charge is -1.92. The largest absolute Gasteiger partial charge is 0.150 e. The molecule has 0 saturated heterocycles. The molecule has 2 aromatic rings. The van der Waals surface area contributed by atoms with Crippen LogP contribution in [-0.4, -0.2) is 0 Å². The normalized spacial score (nSPS) is 9.94. The van der Waals surface area contributed by atoms with Crippen LogP contribution in [0, 0.1) is 6.92 Å². The monoisotopic (exact) mass is 232 g/mol. The molecule has 0 aliphatic rings. The fraction of sp³-hybridized carbons (Fsp3) is 0.231. The molecule has 0 spiro atoms. The van der Waals surface area contributed by atoms with E-state index in [0.29, 0.717) is 0 Å². The van der Waals surface area contributed by atoms with E-state index in [1.54, 1.807) is 11.3 Å². The molecule has 1 heterocycles. The van der Waals surface area contributed by atoms with Crippen molar-refractivity contribution in [2.75, 3.05) is 0 Å². The summed E-state index contributed by atoms with van der Waals surface area (Å²) in [6.45, 7) is 6.06. The van der Waals surface area contributed by atoms with Crippen LogP contribution in [0.5, 0.6) is 0 Å². The first kappa shape index (κ1) is 12.6. The zero-order valence-electron chi connectivity index (χ0n) is 9.84. The fourth-order valence-electron chi connectivity index (χ4n) is 1.05. The summed E-state index contributed by atoms with van der Waals surface area (Å²) < 4.78 is 0. The summed E-state index contributed by atoms with van der Waals surface area (Å²) in [5, 5.41) is 11.2. The lowest BCUT2D eigenvalue weighted by Crippen LogP contribution is -1.67. The molecule has 3 heteroatoms. The Kier molecular flexibility index (Phi) is 5.43. The molecule has 84 valence electrons. The zero-order chi connectivity index (χ0) is 11.8. The first-order valence-electron chi connectivity index (χ1n) is 5.36. The lowest BCUT2D eigenvalue weighted by atomic mass is 10.2. The van der Waals surface area contributed by atoms with Crippen molar-refractivity contribution in [1.29, 1.82) is 0 Å². The average molecular weight is 232 g/mol. The highest BCUT2D eigenvalue weighted by molar-refractivity contribution is 7.13. The van der Waals surface area contributed by atoms with Crippen molar-refractivity contribution in [3.63, 3.8) is 0 Å². The molecule has 0 atom stereocenters. The third kappa shape index (κ3) is 3.95. The number of hydrogen-bond acceptors (Lipinski definition) is 3. The number of hydrogen-bond donors (Lipinski definition) is 0. The van der Waals surface area contributed by atoms with E-state index in [0.717, 1.165) is 10.7 Å². The highest BCUT2D eigenvalue weighted by Gasteiger charge is 1.90. The van der Waals surface area contributed by atoms with Crippen LogP contribution < -0.4 is 0 Å². The fourth-order valence-corrected chi connectivity index (χ4v) is 1.59. The van der Waals surface area contributed by atoms with Gasteiger partial charge in [0.05, 0.1) is 5.69 Å². The van der Waals surface area contributed by atoms with Gasteiger partial charge in [-0.15, -0.1) is 21.6 Å². The van der Waals surface area contributed by atoms with E-state index in [-0.39, 0.29) is 0 Å². The molecule has 1 aromatic heterocycles. The van der Waals surface area contributed by atoms with E-state index in [1.165, 1.54) is 5.56 Å². The third-order valence-corrected chi connectivity index (χ3v) is 2.56. The van der Waals surface area contributed by atoms with Crippen LogP contribution in [0.2, 0.25) is 0 Å². The Balaban J connectivity index is 0.000000606. The average Bonchev–Trinajstić information content (AvgIpc) is 2.84. The Labute approximate surface area is 101 Å². The van der Waals surface area contributed by atoms with Crippen molar-refractivity contribution in [3.8, 4) is 0 Å². The maximum atomic E-state index is 4.13. The first-order valence-corrected chi connectivity index (χ1v) is 6.24. The summed E-state index contributed by atoms with van der Waals surface area (Å²) in [7, 11) is 0. The van der Waals surface area contributed by atoms with Crippen molar-refractivity contribution >= 4 is 22.0 Å². The minimum atomic E-state index is 0.893. The van der Waals surface area contributed by atoms with E-state index >= 15 is 0 Å². The summed E-state index contributed by atoms with van der Waals surface area (Å²) in [5.74, 6) is 0. The minimum absolute atomic E-state index is 0.893. The third-order valence-electron chi connectivity index (χ3n) is 1.80. The van der Waals surface area contributed by atoms with Crippen molar-refractivity contribution in [2.24, 2.45) is 10.2 Å². The van der Waals surface area contributed by atoms with Gasteiger partial charge in [0.1, 0.15) is 5.00 Å². The zero-order valence-corrected chi connectivity index (χ0v) is 10.7. The van der Waals surface area contributed by atoms with Gasteiger partial charge in [-0.05, 0) is 36.6 Å². The van der Waals surface area contributed by atoms with Crippen molar-refractivity contribution < 1.29 is 0 Å². The lowest BCUT2D eigenvalue weighted by molar-refractivity contribution is 1.25. The van der Waals surface area contributed by atoms with Gasteiger partial charge in [0.2, 0.25) is 0 Å². The Morgan fingerprint density at radius 3 is 2.19 bits per heavy atom. The molecule has 0 bridgehead atoms. The van der Waals surface area contributed by atoms with Crippen LogP contribution in [0.25, 0.3) is 0 Å². The molecule has 16 heavy (non-hydrogen) atoms. The van der Waals surface area contributed by atoms with E-state index in [2.05, 4.69) is 17.2 Å². The first-order chi connectivity index (χ1) is 7.84. The summed E-state index contributed by atoms with van der Waals surface area (Å²) in [4.78, 5) is 0. The second-order valence-electron chi connectivity index (χ2n) is 2.99. The predicted molar refractivity (Wildman–Crippen MR) is 71.0 cm³/mol. The predicted octanol–water partition coefficient (Wildman–Crippen LogP) is 5.50. The Morgan fingerprint density at radius 2 is 1.62 bits per heavy atom. The van der Waals surface area contributed by atoms with Gasteiger partial charge in [0.15, 0.2) is 0 Å². The summed E-state index contributed by atoms with van der Waals surface area (Å²) in [6.07, 6.45) is 0. The molecule has 2 nitrogen and oxygen atoms in total. The number of nitrogens with zero attached hydrogens (tertiary/aromatic N) is 2. The SMILES string of the molecule is CC.Cc1ccc(N=Nc2cccs2)cc1. The molecule has 0 radical (unpaired) electrons. The maximum absolute atomic E-state index is 4.13. The number of azo groups is 1. The van der Waals surface area contributed by atoms with Gasteiger partial charge in [0, 0.05) is 0 Å². The highest BCUT2D eigenvalue weighted by Crippen LogP contribution is 2.22. The molecule has 0 unspecified atom stereocenters. The van der Waals surface area contributed by atoms with Crippen molar-refractivity contribution in [3.05, 3.63) is 47.3 Å². The van der Waals surface area contributed by atoms with E-state index in [4.69, 9.17) is 0 Å². The smallest absolute Gasteiger partial charge is 0.138 e. The molecule has 0 N–H and O–H groups in total. The Morgan fingerprint density at radius 1 is 0.938 bits per heavy atom.